The van der Waals surface area contributed by atoms with Crippen LogP contribution in [0.5, 0.6) is 0 Å². The molecule has 1 aliphatic carbocycles. The van der Waals surface area contributed by atoms with Crippen LogP contribution in [0.25, 0.3) is 0 Å². The molecular weight excluding hydrogens is 226 g/mol. The second-order valence-electron chi connectivity index (χ2n) is 4.97. The predicted molar refractivity (Wildman–Crippen MR) is 64.6 cm³/mol. The fraction of sp³-hybridized carbons (Fsp3) is 1.00. The molecule has 0 aliphatic heterocycles. The highest BCUT2D eigenvalue weighted by Gasteiger charge is 2.25. The van der Waals surface area contributed by atoms with Crippen LogP contribution in [-0.4, -0.2) is 31.4 Å². The van der Waals surface area contributed by atoms with Crippen LogP contribution >= 0.6 is 0 Å². The third-order valence-electron chi connectivity index (χ3n) is 3.38. The van der Waals surface area contributed by atoms with Gasteiger partial charge in [0.2, 0.25) is 10.0 Å². The summed E-state index contributed by atoms with van der Waals surface area (Å²) < 4.78 is 26.2. The van der Waals surface area contributed by atoms with Gasteiger partial charge in [-0.3, -0.25) is 0 Å². The van der Waals surface area contributed by atoms with Crippen molar-refractivity contribution >= 4 is 10.0 Å². The summed E-state index contributed by atoms with van der Waals surface area (Å²) in [6, 6.07) is 0.0592. The summed E-state index contributed by atoms with van der Waals surface area (Å²) in [6.07, 6.45) is 5.19. The zero-order valence-corrected chi connectivity index (χ0v) is 11.0. The molecular formula is C11H23NO3S. The maximum absolute atomic E-state index is 11.8. The summed E-state index contributed by atoms with van der Waals surface area (Å²) in [7, 11) is -3.34. The smallest absolute Gasteiger partial charge is 0.216 e. The molecule has 1 rings (SSSR count). The summed E-state index contributed by atoms with van der Waals surface area (Å²) in [5.74, 6) is 0.699. The SMILES string of the molecule is CC1CCCC(NS(=O)(=O)C(C)CO)CC1. The zero-order valence-electron chi connectivity index (χ0n) is 10.1. The number of nitrogens with one attached hydrogen (secondary N) is 1. The first-order chi connectivity index (χ1) is 7.45. The van der Waals surface area contributed by atoms with Crippen molar-refractivity contribution in [3.63, 3.8) is 0 Å². The van der Waals surface area contributed by atoms with Crippen LogP contribution in [0.4, 0.5) is 0 Å². The maximum Gasteiger partial charge on any atom is 0.216 e. The molecule has 2 N–H and O–H groups in total. The molecule has 0 amide bonds. The minimum absolute atomic E-state index is 0.0592. The van der Waals surface area contributed by atoms with Crippen molar-refractivity contribution in [1.82, 2.24) is 4.72 Å². The molecule has 96 valence electrons. The lowest BCUT2D eigenvalue weighted by Gasteiger charge is -2.19. The van der Waals surface area contributed by atoms with Crippen LogP contribution in [0.1, 0.15) is 46.0 Å². The van der Waals surface area contributed by atoms with Crippen LogP contribution in [0.15, 0.2) is 0 Å². The van der Waals surface area contributed by atoms with Gasteiger partial charge >= 0.3 is 0 Å². The van der Waals surface area contributed by atoms with E-state index in [-0.39, 0.29) is 12.6 Å². The van der Waals surface area contributed by atoms with Gasteiger partial charge in [-0.15, -0.1) is 0 Å². The molecule has 4 nitrogen and oxygen atoms in total. The molecule has 1 aliphatic rings. The molecule has 0 bridgehead atoms. The van der Waals surface area contributed by atoms with E-state index in [1.54, 1.807) is 0 Å². The molecule has 3 atom stereocenters. The van der Waals surface area contributed by atoms with E-state index in [0.29, 0.717) is 5.92 Å². The van der Waals surface area contributed by atoms with E-state index < -0.39 is 15.3 Å². The third-order valence-corrected chi connectivity index (χ3v) is 5.25. The average molecular weight is 249 g/mol. The van der Waals surface area contributed by atoms with Crippen molar-refractivity contribution in [1.29, 1.82) is 0 Å². The van der Waals surface area contributed by atoms with Crippen molar-refractivity contribution in [3.05, 3.63) is 0 Å². The molecule has 0 heterocycles. The molecule has 16 heavy (non-hydrogen) atoms. The largest absolute Gasteiger partial charge is 0.395 e. The monoisotopic (exact) mass is 249 g/mol. The van der Waals surface area contributed by atoms with E-state index in [0.717, 1.165) is 25.7 Å². The first kappa shape index (κ1) is 13.9. The number of sulfonamides is 1. The first-order valence-electron chi connectivity index (χ1n) is 6.07. The quantitative estimate of drug-likeness (QED) is 0.737. The Bertz CT molecular complexity index is 302. The van der Waals surface area contributed by atoms with Gasteiger partial charge in [0, 0.05) is 6.04 Å². The summed E-state index contributed by atoms with van der Waals surface area (Å²) in [5, 5.41) is 8.16. The zero-order chi connectivity index (χ0) is 12.2. The van der Waals surface area contributed by atoms with Gasteiger partial charge in [0.15, 0.2) is 0 Å². The first-order valence-corrected chi connectivity index (χ1v) is 7.62. The van der Waals surface area contributed by atoms with E-state index in [2.05, 4.69) is 11.6 Å². The third kappa shape index (κ3) is 4.03. The minimum Gasteiger partial charge on any atom is -0.395 e. The topological polar surface area (TPSA) is 66.4 Å². The fourth-order valence-corrected chi connectivity index (χ4v) is 3.18. The Morgan fingerprint density at radius 3 is 2.62 bits per heavy atom. The number of aliphatic hydroxyl groups is 1. The average Bonchev–Trinajstić information content (AvgIpc) is 2.42. The predicted octanol–water partition coefficient (Wildman–Crippen LogP) is 1.26. The van der Waals surface area contributed by atoms with E-state index in [1.807, 2.05) is 0 Å². The highest BCUT2D eigenvalue weighted by atomic mass is 32.2. The van der Waals surface area contributed by atoms with E-state index in [4.69, 9.17) is 5.11 Å². The molecule has 0 aromatic carbocycles. The lowest BCUT2D eigenvalue weighted by atomic mass is 10.0. The molecule has 0 spiro atoms. The Kier molecular flexibility index (Phi) is 5.21. The van der Waals surface area contributed by atoms with Gasteiger partial charge in [0.1, 0.15) is 0 Å². The standard InChI is InChI=1S/C11H23NO3S/c1-9-4-3-5-11(7-6-9)12-16(14,15)10(2)8-13/h9-13H,3-8H2,1-2H3. The van der Waals surface area contributed by atoms with E-state index in [1.165, 1.54) is 13.3 Å². The van der Waals surface area contributed by atoms with Crippen molar-refractivity contribution in [3.8, 4) is 0 Å². The Labute approximate surface area is 98.5 Å². The van der Waals surface area contributed by atoms with Gasteiger partial charge in [-0.1, -0.05) is 19.8 Å². The molecule has 0 aromatic heterocycles. The Morgan fingerprint density at radius 1 is 1.31 bits per heavy atom. The van der Waals surface area contributed by atoms with E-state index in [9.17, 15) is 8.42 Å². The van der Waals surface area contributed by atoms with Crippen LogP contribution in [0.3, 0.4) is 0 Å². The Balaban J connectivity index is 2.53. The molecule has 0 aromatic rings. The van der Waals surface area contributed by atoms with Gasteiger partial charge < -0.3 is 5.11 Å². The van der Waals surface area contributed by atoms with Crippen LogP contribution < -0.4 is 4.72 Å². The Morgan fingerprint density at radius 2 is 2.00 bits per heavy atom. The summed E-state index contributed by atoms with van der Waals surface area (Å²) in [5.41, 5.74) is 0. The lowest BCUT2D eigenvalue weighted by Crippen LogP contribution is -2.41. The van der Waals surface area contributed by atoms with E-state index >= 15 is 0 Å². The fourth-order valence-electron chi connectivity index (χ4n) is 2.05. The van der Waals surface area contributed by atoms with Crippen LogP contribution in [0, 0.1) is 5.92 Å². The second kappa shape index (κ2) is 5.98. The van der Waals surface area contributed by atoms with Crippen molar-refractivity contribution in [2.45, 2.75) is 57.2 Å². The molecule has 0 radical (unpaired) electrons. The molecule has 3 unspecified atom stereocenters. The number of aliphatic hydroxyl groups excluding tert-OH is 1. The number of rotatable bonds is 4. The second-order valence-corrected chi connectivity index (χ2v) is 7.10. The van der Waals surface area contributed by atoms with Crippen LogP contribution in [-0.2, 0) is 10.0 Å². The van der Waals surface area contributed by atoms with Gasteiger partial charge in [-0.25, -0.2) is 13.1 Å². The molecule has 1 saturated carbocycles. The van der Waals surface area contributed by atoms with Crippen molar-refractivity contribution in [2.24, 2.45) is 5.92 Å². The molecule has 5 heteroatoms. The minimum atomic E-state index is -3.34. The van der Waals surface area contributed by atoms with Gasteiger partial charge in [-0.05, 0) is 32.1 Å². The van der Waals surface area contributed by atoms with Crippen molar-refractivity contribution < 1.29 is 13.5 Å². The molecule has 0 saturated heterocycles. The summed E-state index contributed by atoms with van der Waals surface area (Å²) in [4.78, 5) is 0. The summed E-state index contributed by atoms with van der Waals surface area (Å²) in [6.45, 7) is 3.42. The summed E-state index contributed by atoms with van der Waals surface area (Å²) >= 11 is 0. The Hall–Kier alpha value is -0.130. The highest BCUT2D eigenvalue weighted by Crippen LogP contribution is 2.23. The van der Waals surface area contributed by atoms with Crippen LogP contribution in [0.2, 0.25) is 0 Å². The molecule has 1 fully saturated rings. The number of hydrogen-bond donors (Lipinski definition) is 2. The van der Waals surface area contributed by atoms with Gasteiger partial charge in [0.05, 0.1) is 11.9 Å². The lowest BCUT2D eigenvalue weighted by molar-refractivity contribution is 0.294. The van der Waals surface area contributed by atoms with Gasteiger partial charge in [0.25, 0.3) is 0 Å². The number of hydrogen-bond acceptors (Lipinski definition) is 3. The normalized spacial score (nSPS) is 29.7. The highest BCUT2D eigenvalue weighted by molar-refractivity contribution is 7.90. The van der Waals surface area contributed by atoms with Crippen molar-refractivity contribution in [2.75, 3.05) is 6.61 Å². The van der Waals surface area contributed by atoms with Gasteiger partial charge in [-0.2, -0.15) is 0 Å². The maximum atomic E-state index is 11.8.